The van der Waals surface area contributed by atoms with Crippen molar-refractivity contribution in [1.29, 1.82) is 0 Å². The largest absolute Gasteiger partial charge is 0.478 e. The van der Waals surface area contributed by atoms with E-state index in [4.69, 9.17) is 16.7 Å². The molecule has 0 bridgehead atoms. The molecule has 0 fully saturated rings. The molecule has 1 heterocycles. The number of rotatable bonds is 4. The molecule has 1 aromatic heterocycles. The van der Waals surface area contributed by atoms with Crippen molar-refractivity contribution in [1.82, 2.24) is 4.98 Å². The van der Waals surface area contributed by atoms with Crippen LogP contribution in [0.4, 0.5) is 5.69 Å². The summed E-state index contributed by atoms with van der Waals surface area (Å²) in [4.78, 5) is 15.9. The lowest BCUT2D eigenvalue weighted by Gasteiger charge is -2.08. The molecule has 0 unspecified atom stereocenters. The lowest BCUT2D eigenvalue weighted by atomic mass is 10.2. The average Bonchev–Trinajstić information content (AvgIpc) is 2.73. The number of carboxylic acids is 1. The summed E-state index contributed by atoms with van der Waals surface area (Å²) in [6.07, 6.45) is 1.69. The summed E-state index contributed by atoms with van der Waals surface area (Å²) in [5, 5.41) is 12.1. The Morgan fingerprint density at radius 3 is 2.94 bits per heavy atom. The van der Waals surface area contributed by atoms with Gasteiger partial charge < -0.3 is 10.4 Å². The number of carboxylic acid groups (broad SMARTS) is 1. The van der Waals surface area contributed by atoms with Crippen molar-refractivity contribution >= 4 is 50.5 Å². The van der Waals surface area contributed by atoms with Gasteiger partial charge in [0.05, 0.1) is 16.6 Å². The molecule has 0 saturated carbocycles. The van der Waals surface area contributed by atoms with Gasteiger partial charge in [-0.15, -0.1) is 11.3 Å². The van der Waals surface area contributed by atoms with Crippen LogP contribution in [0.15, 0.2) is 28.9 Å². The van der Waals surface area contributed by atoms with Crippen LogP contribution in [0.25, 0.3) is 0 Å². The van der Waals surface area contributed by atoms with E-state index >= 15 is 0 Å². The molecule has 0 radical (unpaired) electrons. The lowest BCUT2D eigenvalue weighted by Crippen LogP contribution is -2.03. The minimum Gasteiger partial charge on any atom is -0.478 e. The van der Waals surface area contributed by atoms with Crippen molar-refractivity contribution in [2.45, 2.75) is 6.54 Å². The Kier molecular flexibility index (Phi) is 4.21. The van der Waals surface area contributed by atoms with Gasteiger partial charge >= 0.3 is 5.97 Å². The highest BCUT2D eigenvalue weighted by atomic mass is 79.9. The Bertz CT molecular complexity index is 588. The predicted octanol–water partition coefficient (Wildman–Crippen LogP) is 3.87. The van der Waals surface area contributed by atoms with Crippen molar-refractivity contribution in [3.63, 3.8) is 0 Å². The Morgan fingerprint density at radius 1 is 1.56 bits per heavy atom. The summed E-state index contributed by atoms with van der Waals surface area (Å²) >= 11 is 10.4. The number of hydrogen-bond acceptors (Lipinski definition) is 4. The van der Waals surface area contributed by atoms with E-state index in [-0.39, 0.29) is 5.56 Å². The third-order valence-corrected chi connectivity index (χ3v) is 4.18. The molecule has 4 nitrogen and oxygen atoms in total. The van der Waals surface area contributed by atoms with Crippen LogP contribution < -0.4 is 5.32 Å². The van der Waals surface area contributed by atoms with E-state index in [1.54, 1.807) is 24.4 Å². The summed E-state index contributed by atoms with van der Waals surface area (Å²) in [6.45, 7) is 0.548. The summed E-state index contributed by atoms with van der Waals surface area (Å²) in [5.74, 6) is -0.966. The molecule has 18 heavy (non-hydrogen) atoms. The highest BCUT2D eigenvalue weighted by Crippen LogP contribution is 2.27. The average molecular weight is 348 g/mol. The maximum absolute atomic E-state index is 11.0. The van der Waals surface area contributed by atoms with E-state index in [0.717, 1.165) is 10.6 Å². The number of aromatic nitrogens is 1. The molecule has 2 N–H and O–H groups in total. The van der Waals surface area contributed by atoms with Crippen LogP contribution in [-0.2, 0) is 6.54 Å². The van der Waals surface area contributed by atoms with Crippen LogP contribution in [0.1, 0.15) is 15.2 Å². The van der Waals surface area contributed by atoms with Crippen LogP contribution in [0.3, 0.4) is 0 Å². The van der Waals surface area contributed by atoms with E-state index in [0.29, 0.717) is 15.5 Å². The first kappa shape index (κ1) is 13.3. The number of halogens is 2. The quantitative estimate of drug-likeness (QED) is 0.881. The molecule has 0 atom stereocenters. The fraction of sp³-hybridized carbons (Fsp3) is 0.0909. The van der Waals surface area contributed by atoms with Crippen molar-refractivity contribution in [2.24, 2.45) is 0 Å². The SMILES string of the molecule is O=C(O)c1cccc(NCc2cnc(Cl)s2)c1Br. The van der Waals surface area contributed by atoms with Gasteiger partial charge in [0.25, 0.3) is 0 Å². The first-order valence-corrected chi connectivity index (χ1v) is 6.92. The normalized spacial score (nSPS) is 10.3. The Balaban J connectivity index is 2.14. The van der Waals surface area contributed by atoms with E-state index < -0.39 is 5.97 Å². The molecular weight excluding hydrogens is 340 g/mol. The predicted molar refractivity (Wildman–Crippen MR) is 75.6 cm³/mol. The van der Waals surface area contributed by atoms with Crippen molar-refractivity contribution in [3.05, 3.63) is 43.8 Å². The van der Waals surface area contributed by atoms with Gasteiger partial charge in [-0.3, -0.25) is 0 Å². The smallest absolute Gasteiger partial charge is 0.336 e. The molecule has 2 aromatic rings. The number of benzene rings is 1. The minimum absolute atomic E-state index is 0.224. The zero-order valence-corrected chi connectivity index (χ0v) is 12.1. The second-order valence-corrected chi connectivity index (χ2v) is 5.90. The second-order valence-electron chi connectivity index (χ2n) is 3.41. The monoisotopic (exact) mass is 346 g/mol. The Labute approximate surface area is 121 Å². The highest BCUT2D eigenvalue weighted by Gasteiger charge is 2.11. The number of aromatic carboxylic acids is 1. The molecule has 2 rings (SSSR count). The maximum atomic E-state index is 11.0. The Hall–Kier alpha value is -1.11. The van der Waals surface area contributed by atoms with Gasteiger partial charge in [0, 0.05) is 16.8 Å². The zero-order valence-electron chi connectivity index (χ0n) is 8.98. The maximum Gasteiger partial charge on any atom is 0.336 e. The summed E-state index contributed by atoms with van der Waals surface area (Å²) in [5.41, 5.74) is 0.946. The van der Waals surface area contributed by atoms with E-state index in [2.05, 4.69) is 26.2 Å². The van der Waals surface area contributed by atoms with Gasteiger partial charge in [0.2, 0.25) is 0 Å². The van der Waals surface area contributed by atoms with Gasteiger partial charge in [-0.25, -0.2) is 9.78 Å². The van der Waals surface area contributed by atoms with Crippen molar-refractivity contribution < 1.29 is 9.90 Å². The standard InChI is InChI=1S/C11H8BrClN2O2S/c12-9-7(10(16)17)2-1-3-8(9)14-4-6-5-15-11(13)18-6/h1-3,5,14H,4H2,(H,16,17). The molecule has 0 spiro atoms. The molecule has 0 aliphatic heterocycles. The second kappa shape index (κ2) is 5.69. The van der Waals surface area contributed by atoms with E-state index in [9.17, 15) is 4.79 Å². The van der Waals surface area contributed by atoms with Crippen molar-refractivity contribution in [2.75, 3.05) is 5.32 Å². The topological polar surface area (TPSA) is 62.2 Å². The number of nitrogens with one attached hydrogen (secondary N) is 1. The third kappa shape index (κ3) is 3.01. The number of hydrogen-bond donors (Lipinski definition) is 2. The molecule has 1 aromatic carbocycles. The van der Waals surface area contributed by atoms with Crippen LogP contribution >= 0.6 is 38.9 Å². The first-order chi connectivity index (χ1) is 8.58. The zero-order chi connectivity index (χ0) is 13.1. The van der Waals surface area contributed by atoms with Gasteiger partial charge in [0.1, 0.15) is 0 Å². The van der Waals surface area contributed by atoms with Crippen LogP contribution in [0.2, 0.25) is 4.47 Å². The lowest BCUT2D eigenvalue weighted by molar-refractivity contribution is 0.0696. The van der Waals surface area contributed by atoms with E-state index in [1.165, 1.54) is 11.3 Å². The van der Waals surface area contributed by atoms with E-state index in [1.807, 2.05) is 0 Å². The summed E-state index contributed by atoms with van der Waals surface area (Å²) in [7, 11) is 0. The molecular formula is C11H8BrClN2O2S. The molecule has 0 saturated heterocycles. The number of thiazole rings is 1. The number of anilines is 1. The fourth-order valence-corrected chi connectivity index (χ4v) is 2.87. The summed E-state index contributed by atoms with van der Waals surface area (Å²) in [6, 6.07) is 5.04. The molecule has 0 amide bonds. The summed E-state index contributed by atoms with van der Waals surface area (Å²) < 4.78 is 1.03. The molecule has 0 aliphatic rings. The first-order valence-electron chi connectivity index (χ1n) is 4.94. The minimum atomic E-state index is -0.966. The number of nitrogens with zero attached hydrogens (tertiary/aromatic N) is 1. The van der Waals surface area contributed by atoms with Gasteiger partial charge in [0.15, 0.2) is 4.47 Å². The molecule has 7 heteroatoms. The Morgan fingerprint density at radius 2 is 2.33 bits per heavy atom. The van der Waals surface area contributed by atoms with Crippen LogP contribution in [0.5, 0.6) is 0 Å². The fourth-order valence-electron chi connectivity index (χ4n) is 1.38. The van der Waals surface area contributed by atoms with Crippen LogP contribution in [0, 0.1) is 0 Å². The third-order valence-electron chi connectivity index (χ3n) is 2.21. The van der Waals surface area contributed by atoms with Crippen molar-refractivity contribution in [3.8, 4) is 0 Å². The highest BCUT2D eigenvalue weighted by molar-refractivity contribution is 9.10. The van der Waals surface area contributed by atoms with Gasteiger partial charge in [-0.1, -0.05) is 17.7 Å². The number of carbonyl (C=O) groups is 1. The molecule has 94 valence electrons. The van der Waals surface area contributed by atoms with Gasteiger partial charge in [-0.05, 0) is 28.1 Å². The van der Waals surface area contributed by atoms with Gasteiger partial charge in [-0.2, -0.15) is 0 Å². The molecule has 0 aliphatic carbocycles. The van der Waals surface area contributed by atoms with Crippen LogP contribution in [-0.4, -0.2) is 16.1 Å².